The number of hydrogen-bond acceptors (Lipinski definition) is 4. The molecular formula is C23H22N2O4. The summed E-state index contributed by atoms with van der Waals surface area (Å²) in [6.45, 7) is 0. The van der Waals surface area contributed by atoms with E-state index in [1.54, 1.807) is 48.5 Å². The van der Waals surface area contributed by atoms with Gasteiger partial charge < -0.3 is 15.1 Å². The maximum Gasteiger partial charge on any atom is 0.336 e. The minimum absolute atomic E-state index is 0.0262. The summed E-state index contributed by atoms with van der Waals surface area (Å²) in [7, 11) is 0. The summed E-state index contributed by atoms with van der Waals surface area (Å²) in [5.41, 5.74) is 1.71. The lowest BCUT2D eigenvalue weighted by Crippen LogP contribution is -2.24. The van der Waals surface area contributed by atoms with Crippen LogP contribution in [0, 0.1) is 5.92 Å². The third-order valence-electron chi connectivity index (χ3n) is 5.25. The summed E-state index contributed by atoms with van der Waals surface area (Å²) in [6, 6.07) is 15.0. The van der Waals surface area contributed by atoms with Crippen molar-refractivity contribution in [3.05, 3.63) is 70.6 Å². The average molecular weight is 390 g/mol. The zero-order valence-electron chi connectivity index (χ0n) is 15.9. The molecule has 0 unspecified atom stereocenters. The largest absolute Gasteiger partial charge is 0.423 e. The van der Waals surface area contributed by atoms with E-state index in [1.807, 2.05) is 0 Å². The number of amides is 2. The van der Waals surface area contributed by atoms with Crippen molar-refractivity contribution in [2.24, 2.45) is 5.92 Å². The highest BCUT2D eigenvalue weighted by molar-refractivity contribution is 6.06. The van der Waals surface area contributed by atoms with Gasteiger partial charge in [0.25, 0.3) is 5.91 Å². The fourth-order valence-corrected chi connectivity index (χ4v) is 3.70. The first-order chi connectivity index (χ1) is 14.1. The molecular weight excluding hydrogens is 368 g/mol. The van der Waals surface area contributed by atoms with Gasteiger partial charge in [0.15, 0.2) is 0 Å². The Bertz CT molecular complexity index is 1110. The molecule has 0 atom stereocenters. The van der Waals surface area contributed by atoms with Crippen LogP contribution in [0.5, 0.6) is 0 Å². The molecule has 1 fully saturated rings. The van der Waals surface area contributed by atoms with Gasteiger partial charge in [0.05, 0.1) is 0 Å². The molecule has 6 nitrogen and oxygen atoms in total. The third-order valence-corrected chi connectivity index (χ3v) is 5.25. The second kappa shape index (κ2) is 8.31. The van der Waals surface area contributed by atoms with Crippen LogP contribution in [0.15, 0.2) is 63.8 Å². The molecule has 0 radical (unpaired) electrons. The van der Waals surface area contributed by atoms with Crippen molar-refractivity contribution in [2.75, 3.05) is 10.6 Å². The fraction of sp³-hybridized carbons (Fsp3) is 0.261. The van der Waals surface area contributed by atoms with Crippen molar-refractivity contribution < 1.29 is 14.0 Å². The number of benzene rings is 2. The van der Waals surface area contributed by atoms with Crippen LogP contribution >= 0.6 is 0 Å². The minimum atomic E-state index is -0.415. The SMILES string of the molecule is O=C(Nc1ccc2oc(=O)ccc2c1)c1cccc(NC(=O)C2CCCCC2)c1. The van der Waals surface area contributed by atoms with Crippen LogP contribution in [-0.2, 0) is 4.79 Å². The predicted molar refractivity (Wildman–Crippen MR) is 112 cm³/mol. The monoisotopic (exact) mass is 390 g/mol. The molecule has 2 aromatic carbocycles. The Morgan fingerprint density at radius 3 is 2.48 bits per heavy atom. The van der Waals surface area contributed by atoms with Crippen molar-refractivity contribution in [3.8, 4) is 0 Å². The first-order valence-corrected chi connectivity index (χ1v) is 9.85. The smallest absolute Gasteiger partial charge is 0.336 e. The van der Waals surface area contributed by atoms with Crippen LogP contribution < -0.4 is 16.3 Å². The molecule has 2 N–H and O–H groups in total. The average Bonchev–Trinajstić information content (AvgIpc) is 2.74. The Morgan fingerprint density at radius 2 is 1.66 bits per heavy atom. The minimum Gasteiger partial charge on any atom is -0.423 e. The van der Waals surface area contributed by atoms with Gasteiger partial charge in [-0.1, -0.05) is 25.3 Å². The van der Waals surface area contributed by atoms with E-state index in [4.69, 9.17) is 4.42 Å². The van der Waals surface area contributed by atoms with Gasteiger partial charge in [-0.05, 0) is 55.3 Å². The van der Waals surface area contributed by atoms with Gasteiger partial charge in [-0.15, -0.1) is 0 Å². The Labute approximate surface area is 167 Å². The maximum atomic E-state index is 12.6. The molecule has 0 saturated heterocycles. The molecule has 1 aliphatic rings. The van der Waals surface area contributed by atoms with E-state index in [0.29, 0.717) is 22.5 Å². The van der Waals surface area contributed by atoms with E-state index in [0.717, 1.165) is 31.1 Å². The molecule has 1 aliphatic carbocycles. The van der Waals surface area contributed by atoms with Gasteiger partial charge in [-0.2, -0.15) is 0 Å². The third kappa shape index (κ3) is 4.54. The zero-order valence-corrected chi connectivity index (χ0v) is 15.9. The molecule has 3 aromatic rings. The van der Waals surface area contributed by atoms with Gasteiger partial charge in [-0.3, -0.25) is 9.59 Å². The molecule has 0 spiro atoms. The van der Waals surface area contributed by atoms with E-state index in [2.05, 4.69) is 10.6 Å². The highest BCUT2D eigenvalue weighted by Crippen LogP contribution is 2.25. The number of rotatable bonds is 4. The van der Waals surface area contributed by atoms with Crippen LogP contribution in [0.4, 0.5) is 11.4 Å². The Morgan fingerprint density at radius 1 is 0.862 bits per heavy atom. The Hall–Kier alpha value is -3.41. The van der Waals surface area contributed by atoms with E-state index in [-0.39, 0.29) is 17.7 Å². The topological polar surface area (TPSA) is 88.4 Å². The second-order valence-electron chi connectivity index (χ2n) is 7.37. The lowest BCUT2D eigenvalue weighted by atomic mass is 9.88. The normalized spacial score (nSPS) is 14.5. The van der Waals surface area contributed by atoms with Crippen LogP contribution in [0.3, 0.4) is 0 Å². The summed E-state index contributed by atoms with van der Waals surface area (Å²) in [5.74, 6) is -0.201. The van der Waals surface area contributed by atoms with Crippen LogP contribution in [0.25, 0.3) is 11.0 Å². The summed E-state index contributed by atoms with van der Waals surface area (Å²) in [6.07, 6.45) is 5.23. The van der Waals surface area contributed by atoms with Gasteiger partial charge in [0, 0.05) is 34.3 Å². The van der Waals surface area contributed by atoms with Gasteiger partial charge in [-0.25, -0.2) is 4.79 Å². The maximum absolute atomic E-state index is 12.6. The quantitative estimate of drug-likeness (QED) is 0.639. The van der Waals surface area contributed by atoms with Crippen LogP contribution in [0.1, 0.15) is 42.5 Å². The lowest BCUT2D eigenvalue weighted by Gasteiger charge is -2.20. The molecule has 2 amide bonds. The highest BCUT2D eigenvalue weighted by Gasteiger charge is 2.21. The van der Waals surface area contributed by atoms with E-state index in [1.165, 1.54) is 12.5 Å². The number of carbonyl (C=O) groups is 2. The van der Waals surface area contributed by atoms with Gasteiger partial charge >= 0.3 is 5.63 Å². The molecule has 148 valence electrons. The zero-order chi connectivity index (χ0) is 20.2. The number of fused-ring (bicyclic) bond motifs is 1. The Kier molecular flexibility index (Phi) is 5.42. The first-order valence-electron chi connectivity index (χ1n) is 9.85. The number of carbonyl (C=O) groups excluding carboxylic acids is 2. The van der Waals surface area contributed by atoms with Crippen molar-refractivity contribution in [1.82, 2.24) is 0 Å². The molecule has 6 heteroatoms. The molecule has 0 aliphatic heterocycles. The van der Waals surface area contributed by atoms with Crippen molar-refractivity contribution in [1.29, 1.82) is 0 Å². The van der Waals surface area contributed by atoms with Gasteiger partial charge in [0.2, 0.25) is 5.91 Å². The molecule has 29 heavy (non-hydrogen) atoms. The first kappa shape index (κ1) is 18.9. The lowest BCUT2D eigenvalue weighted by molar-refractivity contribution is -0.120. The molecule has 1 saturated carbocycles. The van der Waals surface area contributed by atoms with Crippen LogP contribution in [0.2, 0.25) is 0 Å². The summed E-state index contributed by atoms with van der Waals surface area (Å²) < 4.78 is 5.10. The Balaban J connectivity index is 1.46. The summed E-state index contributed by atoms with van der Waals surface area (Å²) >= 11 is 0. The summed E-state index contributed by atoms with van der Waals surface area (Å²) in [4.78, 5) is 36.4. The van der Waals surface area contributed by atoms with E-state index >= 15 is 0 Å². The van der Waals surface area contributed by atoms with E-state index < -0.39 is 5.63 Å². The van der Waals surface area contributed by atoms with Crippen molar-refractivity contribution in [3.63, 3.8) is 0 Å². The number of hydrogen-bond donors (Lipinski definition) is 2. The fourth-order valence-electron chi connectivity index (χ4n) is 3.70. The standard InChI is InChI=1S/C23H22N2O4/c26-21-12-9-16-13-19(10-11-20(16)29-21)25-23(28)17-7-4-8-18(14-17)24-22(27)15-5-2-1-3-6-15/h4,7-15H,1-3,5-6H2,(H,24,27)(H,25,28). The predicted octanol–water partition coefficient (Wildman–Crippen LogP) is 4.56. The van der Waals surface area contributed by atoms with E-state index in [9.17, 15) is 14.4 Å². The van der Waals surface area contributed by atoms with Gasteiger partial charge in [0.1, 0.15) is 5.58 Å². The molecule has 1 heterocycles. The highest BCUT2D eigenvalue weighted by atomic mass is 16.4. The van der Waals surface area contributed by atoms with Crippen molar-refractivity contribution >= 4 is 34.2 Å². The number of anilines is 2. The van der Waals surface area contributed by atoms with Crippen LogP contribution in [-0.4, -0.2) is 11.8 Å². The molecule has 0 bridgehead atoms. The summed E-state index contributed by atoms with van der Waals surface area (Å²) in [5, 5.41) is 6.50. The second-order valence-corrected chi connectivity index (χ2v) is 7.37. The molecule has 4 rings (SSSR count). The number of nitrogens with one attached hydrogen (secondary N) is 2. The molecule has 1 aromatic heterocycles. The van der Waals surface area contributed by atoms with Crippen molar-refractivity contribution in [2.45, 2.75) is 32.1 Å².